The Morgan fingerprint density at radius 1 is 1.59 bits per heavy atom. The standard InChI is InChI=1S/C8H10F3N3O2S/c1-16-5-6(13-4-14-7(5)15)12-2-3-17-8(9,10)11/h4H,2-3H2,1H3,(H2,12,13,14,15). The van der Waals surface area contributed by atoms with E-state index in [-0.39, 0.29) is 35.6 Å². The second kappa shape index (κ2) is 5.80. The molecule has 1 rings (SSSR count). The number of aromatic nitrogens is 2. The van der Waals surface area contributed by atoms with E-state index >= 15 is 0 Å². The second-order valence-corrected chi connectivity index (χ2v) is 3.99. The summed E-state index contributed by atoms with van der Waals surface area (Å²) in [5, 5.41) is 2.60. The van der Waals surface area contributed by atoms with E-state index in [0.717, 1.165) is 6.33 Å². The Balaban J connectivity index is 2.52. The molecule has 0 aliphatic carbocycles. The number of halogens is 3. The SMILES string of the molecule is COc1c(NCCSC(F)(F)F)nc[nH]c1=O. The molecule has 1 aromatic rings. The zero-order chi connectivity index (χ0) is 12.9. The molecule has 0 aliphatic rings. The third kappa shape index (κ3) is 4.55. The molecule has 0 unspecified atom stereocenters. The van der Waals surface area contributed by atoms with Gasteiger partial charge in [0.05, 0.1) is 13.4 Å². The van der Waals surface area contributed by atoms with Crippen molar-refractivity contribution < 1.29 is 17.9 Å². The molecular weight excluding hydrogens is 259 g/mol. The number of aromatic amines is 1. The van der Waals surface area contributed by atoms with Crippen LogP contribution in [0.1, 0.15) is 0 Å². The van der Waals surface area contributed by atoms with Gasteiger partial charge in [0.25, 0.3) is 5.56 Å². The van der Waals surface area contributed by atoms with Crippen molar-refractivity contribution in [3.63, 3.8) is 0 Å². The summed E-state index contributed by atoms with van der Waals surface area (Å²) in [6, 6.07) is 0. The van der Waals surface area contributed by atoms with Crippen molar-refractivity contribution in [3.05, 3.63) is 16.7 Å². The third-order valence-corrected chi connectivity index (χ3v) is 2.41. The summed E-state index contributed by atoms with van der Waals surface area (Å²) in [6.45, 7) is 0.0248. The van der Waals surface area contributed by atoms with Crippen LogP contribution in [0.3, 0.4) is 0 Å². The molecule has 0 spiro atoms. The maximum absolute atomic E-state index is 11.8. The van der Waals surface area contributed by atoms with Crippen LogP contribution in [-0.4, -0.2) is 34.9 Å². The lowest BCUT2D eigenvalue weighted by Gasteiger charge is -2.09. The lowest BCUT2D eigenvalue weighted by atomic mass is 10.5. The van der Waals surface area contributed by atoms with Gasteiger partial charge in [0, 0.05) is 12.3 Å². The van der Waals surface area contributed by atoms with Gasteiger partial charge >= 0.3 is 5.51 Å². The van der Waals surface area contributed by atoms with Crippen LogP contribution in [0.4, 0.5) is 19.0 Å². The number of anilines is 1. The molecule has 5 nitrogen and oxygen atoms in total. The summed E-state index contributed by atoms with van der Waals surface area (Å²) in [7, 11) is 1.28. The average Bonchev–Trinajstić information content (AvgIpc) is 2.23. The van der Waals surface area contributed by atoms with Gasteiger partial charge in [-0.05, 0) is 11.8 Å². The number of H-pyrrole nitrogens is 1. The van der Waals surface area contributed by atoms with Gasteiger partial charge in [0.1, 0.15) is 0 Å². The highest BCUT2D eigenvalue weighted by Crippen LogP contribution is 2.29. The summed E-state index contributed by atoms with van der Waals surface area (Å²) in [6.07, 6.45) is 1.14. The van der Waals surface area contributed by atoms with Gasteiger partial charge < -0.3 is 15.0 Å². The van der Waals surface area contributed by atoms with Gasteiger partial charge in [-0.25, -0.2) is 4.98 Å². The van der Waals surface area contributed by atoms with E-state index in [1.54, 1.807) is 0 Å². The van der Waals surface area contributed by atoms with Gasteiger partial charge in [0.2, 0.25) is 5.75 Å². The molecule has 9 heteroatoms. The van der Waals surface area contributed by atoms with Crippen molar-refractivity contribution in [1.82, 2.24) is 9.97 Å². The highest BCUT2D eigenvalue weighted by Gasteiger charge is 2.27. The molecule has 17 heavy (non-hydrogen) atoms. The zero-order valence-corrected chi connectivity index (χ0v) is 9.61. The molecule has 0 saturated heterocycles. The second-order valence-electron chi connectivity index (χ2n) is 2.83. The van der Waals surface area contributed by atoms with Gasteiger partial charge in [-0.2, -0.15) is 13.2 Å². The first-order chi connectivity index (χ1) is 7.94. The maximum Gasteiger partial charge on any atom is 0.441 e. The number of hydrogen-bond donors (Lipinski definition) is 2. The predicted molar refractivity (Wildman–Crippen MR) is 58.4 cm³/mol. The molecule has 2 N–H and O–H groups in total. The van der Waals surface area contributed by atoms with Crippen molar-refractivity contribution in [1.29, 1.82) is 0 Å². The molecule has 0 radical (unpaired) electrons. The molecule has 96 valence electrons. The van der Waals surface area contributed by atoms with E-state index < -0.39 is 11.1 Å². The normalized spacial score (nSPS) is 11.3. The van der Waals surface area contributed by atoms with E-state index in [1.807, 2.05) is 0 Å². The van der Waals surface area contributed by atoms with Crippen LogP contribution in [0, 0.1) is 0 Å². The fraction of sp³-hybridized carbons (Fsp3) is 0.500. The van der Waals surface area contributed by atoms with Crippen molar-refractivity contribution in [3.8, 4) is 5.75 Å². The minimum atomic E-state index is -4.26. The van der Waals surface area contributed by atoms with Crippen LogP contribution in [0.25, 0.3) is 0 Å². The third-order valence-electron chi connectivity index (χ3n) is 1.67. The van der Waals surface area contributed by atoms with E-state index in [4.69, 9.17) is 4.74 Å². The summed E-state index contributed by atoms with van der Waals surface area (Å²) < 4.78 is 40.3. The van der Waals surface area contributed by atoms with Gasteiger partial charge in [0.15, 0.2) is 5.82 Å². The number of thioether (sulfide) groups is 1. The Morgan fingerprint density at radius 2 is 2.29 bits per heavy atom. The summed E-state index contributed by atoms with van der Waals surface area (Å²) in [5.41, 5.74) is -4.75. The lowest BCUT2D eigenvalue weighted by Crippen LogP contribution is -2.16. The molecule has 1 heterocycles. The van der Waals surface area contributed by atoms with E-state index in [0.29, 0.717) is 0 Å². The molecular formula is C8H10F3N3O2S. The molecule has 0 saturated carbocycles. The number of alkyl halides is 3. The first-order valence-corrected chi connectivity index (χ1v) is 5.49. The van der Waals surface area contributed by atoms with E-state index in [1.165, 1.54) is 7.11 Å². The quantitative estimate of drug-likeness (QED) is 0.792. The number of methoxy groups -OCH3 is 1. The predicted octanol–water partition coefficient (Wildman–Crippen LogP) is 1.44. The summed E-state index contributed by atoms with van der Waals surface area (Å²) in [4.78, 5) is 17.3. The van der Waals surface area contributed by atoms with Gasteiger partial charge in [-0.15, -0.1) is 0 Å². The number of rotatable bonds is 5. The molecule has 0 fully saturated rings. The highest BCUT2D eigenvalue weighted by atomic mass is 32.2. The van der Waals surface area contributed by atoms with Gasteiger partial charge in [-0.1, -0.05) is 0 Å². The largest absolute Gasteiger partial charge is 0.489 e. The van der Waals surface area contributed by atoms with Crippen molar-refractivity contribution in [2.75, 3.05) is 24.7 Å². The minimum Gasteiger partial charge on any atom is -0.489 e. The number of nitrogens with zero attached hydrogens (tertiary/aromatic N) is 1. The van der Waals surface area contributed by atoms with Crippen molar-refractivity contribution in [2.24, 2.45) is 0 Å². The average molecular weight is 269 g/mol. The first kappa shape index (κ1) is 13.7. The van der Waals surface area contributed by atoms with Crippen molar-refractivity contribution in [2.45, 2.75) is 5.51 Å². The lowest BCUT2D eigenvalue weighted by molar-refractivity contribution is -0.0327. The smallest absolute Gasteiger partial charge is 0.441 e. The number of nitrogens with one attached hydrogen (secondary N) is 2. The van der Waals surface area contributed by atoms with Crippen LogP contribution >= 0.6 is 11.8 Å². The Labute approximate surface area is 98.8 Å². The molecule has 0 aliphatic heterocycles. The highest BCUT2D eigenvalue weighted by molar-refractivity contribution is 8.00. The maximum atomic E-state index is 11.8. The molecule has 0 atom stereocenters. The monoisotopic (exact) mass is 269 g/mol. The Morgan fingerprint density at radius 3 is 2.88 bits per heavy atom. The number of hydrogen-bond acceptors (Lipinski definition) is 5. The summed E-state index contributed by atoms with van der Waals surface area (Å²) >= 11 is -0.147. The van der Waals surface area contributed by atoms with E-state index in [2.05, 4.69) is 15.3 Å². The molecule has 0 aromatic carbocycles. The minimum absolute atomic E-state index is 0.0248. The zero-order valence-electron chi connectivity index (χ0n) is 8.80. The topological polar surface area (TPSA) is 67.0 Å². The van der Waals surface area contributed by atoms with Crippen LogP contribution in [0.5, 0.6) is 5.75 Å². The number of ether oxygens (including phenoxy) is 1. The fourth-order valence-corrected chi connectivity index (χ4v) is 1.47. The molecule has 1 aromatic heterocycles. The van der Waals surface area contributed by atoms with Crippen LogP contribution in [-0.2, 0) is 0 Å². The fourth-order valence-electron chi connectivity index (χ4n) is 1.04. The van der Waals surface area contributed by atoms with Crippen LogP contribution < -0.4 is 15.6 Å². The summed E-state index contributed by atoms with van der Waals surface area (Å²) in [5.74, 6) is -0.107. The molecule has 0 bridgehead atoms. The molecule has 0 amide bonds. The van der Waals surface area contributed by atoms with Crippen LogP contribution in [0.15, 0.2) is 11.1 Å². The Kier molecular flexibility index (Phi) is 4.67. The van der Waals surface area contributed by atoms with E-state index in [9.17, 15) is 18.0 Å². The first-order valence-electron chi connectivity index (χ1n) is 4.50. The van der Waals surface area contributed by atoms with Crippen molar-refractivity contribution >= 4 is 17.6 Å². The van der Waals surface area contributed by atoms with Crippen LogP contribution in [0.2, 0.25) is 0 Å². The Hall–Kier alpha value is -1.38. The van der Waals surface area contributed by atoms with Gasteiger partial charge in [-0.3, -0.25) is 4.79 Å². The Bertz CT molecular complexity index is 421.